The summed E-state index contributed by atoms with van der Waals surface area (Å²) in [4.78, 5) is 9.26. The molecule has 0 bridgehead atoms. The summed E-state index contributed by atoms with van der Waals surface area (Å²) in [5.41, 5.74) is 1.34. The Bertz CT molecular complexity index is 380. The zero-order chi connectivity index (χ0) is 13.0. The minimum atomic E-state index is 0.625. The van der Waals surface area contributed by atoms with E-state index in [1.165, 1.54) is 5.56 Å². The Balaban J connectivity index is 1.98. The van der Waals surface area contributed by atoms with Gasteiger partial charge in [0.05, 0.1) is 0 Å². The fourth-order valence-electron chi connectivity index (χ4n) is 2.50. The summed E-state index contributed by atoms with van der Waals surface area (Å²) < 4.78 is 0. The molecule has 1 aromatic heterocycles. The first-order chi connectivity index (χ1) is 8.69. The van der Waals surface area contributed by atoms with Gasteiger partial charge in [0.15, 0.2) is 0 Å². The van der Waals surface area contributed by atoms with Crippen LogP contribution in [0.2, 0.25) is 0 Å². The maximum atomic E-state index is 4.32. The molecule has 2 heterocycles. The number of hydrogen-bond acceptors (Lipinski definition) is 4. The van der Waals surface area contributed by atoms with Crippen LogP contribution in [0.4, 0.5) is 5.82 Å². The first-order valence-electron chi connectivity index (χ1n) is 6.80. The van der Waals surface area contributed by atoms with E-state index in [0.29, 0.717) is 6.04 Å². The highest BCUT2D eigenvalue weighted by atomic mass is 15.3. The molecule has 0 aromatic carbocycles. The van der Waals surface area contributed by atoms with Crippen molar-refractivity contribution >= 4 is 5.82 Å². The maximum Gasteiger partial charge on any atom is 0.126 e. The Morgan fingerprint density at radius 3 is 3.00 bits per heavy atom. The van der Waals surface area contributed by atoms with E-state index >= 15 is 0 Å². The van der Waals surface area contributed by atoms with Gasteiger partial charge in [-0.15, -0.1) is 0 Å². The number of hydrogen-bond donors (Lipinski definition) is 1. The average Bonchev–Trinajstić information content (AvgIpc) is 2.34. The third-order valence-electron chi connectivity index (χ3n) is 3.54. The van der Waals surface area contributed by atoms with Gasteiger partial charge >= 0.3 is 0 Å². The molecule has 1 aliphatic heterocycles. The highest BCUT2D eigenvalue weighted by Gasteiger charge is 2.21. The maximum absolute atomic E-state index is 4.32. The second kappa shape index (κ2) is 6.16. The van der Waals surface area contributed by atoms with E-state index in [4.69, 9.17) is 0 Å². The molecule has 1 saturated heterocycles. The quantitative estimate of drug-likeness (QED) is 0.878. The zero-order valence-corrected chi connectivity index (χ0v) is 11.7. The van der Waals surface area contributed by atoms with Gasteiger partial charge in [-0.3, -0.25) is 4.90 Å². The topological polar surface area (TPSA) is 31.4 Å². The predicted octanol–water partition coefficient (Wildman–Crippen LogP) is 1.65. The number of anilines is 1. The lowest BCUT2D eigenvalue weighted by Gasteiger charge is -2.38. The number of nitrogens with zero attached hydrogens (tertiary/aromatic N) is 3. The van der Waals surface area contributed by atoms with Crippen LogP contribution in [0.25, 0.3) is 0 Å². The summed E-state index contributed by atoms with van der Waals surface area (Å²) >= 11 is 0. The third-order valence-corrected chi connectivity index (χ3v) is 3.54. The molecule has 0 saturated carbocycles. The molecule has 1 unspecified atom stereocenters. The van der Waals surface area contributed by atoms with E-state index in [9.17, 15) is 0 Å². The molecule has 18 heavy (non-hydrogen) atoms. The normalized spacial score (nSPS) is 22.1. The number of piperazine rings is 1. The van der Waals surface area contributed by atoms with Gasteiger partial charge in [0.25, 0.3) is 0 Å². The smallest absolute Gasteiger partial charge is 0.126 e. The van der Waals surface area contributed by atoms with E-state index < -0.39 is 0 Å². The van der Waals surface area contributed by atoms with Crippen molar-refractivity contribution in [3.8, 4) is 0 Å². The van der Waals surface area contributed by atoms with Crippen molar-refractivity contribution < 1.29 is 0 Å². The second-order valence-corrected chi connectivity index (χ2v) is 5.16. The first-order valence-corrected chi connectivity index (χ1v) is 6.80. The molecular weight excluding hydrogens is 224 g/mol. The number of likely N-dealkylation sites (N-methyl/N-ethyl adjacent to an activating group) is 1. The summed E-state index contributed by atoms with van der Waals surface area (Å²) in [6, 6.07) is 4.90. The van der Waals surface area contributed by atoms with Crippen LogP contribution in [0.15, 0.2) is 18.3 Å². The monoisotopic (exact) mass is 248 g/mol. The Morgan fingerprint density at radius 1 is 1.44 bits per heavy atom. The van der Waals surface area contributed by atoms with Gasteiger partial charge in [-0.1, -0.05) is 0 Å². The van der Waals surface area contributed by atoms with E-state index in [-0.39, 0.29) is 0 Å². The molecule has 2 rings (SSSR count). The van der Waals surface area contributed by atoms with Crippen molar-refractivity contribution in [3.05, 3.63) is 23.9 Å². The highest BCUT2D eigenvalue weighted by molar-refractivity contribution is 5.37. The third kappa shape index (κ3) is 3.43. The fraction of sp³-hybridized carbons (Fsp3) is 0.643. The lowest BCUT2D eigenvalue weighted by molar-refractivity contribution is 0.0938. The Morgan fingerprint density at radius 2 is 2.28 bits per heavy atom. The molecule has 1 fully saturated rings. The molecule has 1 atom stereocenters. The van der Waals surface area contributed by atoms with E-state index in [1.54, 1.807) is 0 Å². The van der Waals surface area contributed by atoms with Gasteiger partial charge < -0.3 is 10.2 Å². The van der Waals surface area contributed by atoms with E-state index in [0.717, 1.165) is 38.5 Å². The summed E-state index contributed by atoms with van der Waals surface area (Å²) in [7, 11) is 2.20. The van der Waals surface area contributed by atoms with Gasteiger partial charge in [0.1, 0.15) is 5.82 Å². The minimum absolute atomic E-state index is 0.625. The van der Waals surface area contributed by atoms with Gasteiger partial charge in [0.2, 0.25) is 0 Å². The highest BCUT2D eigenvalue weighted by Crippen LogP contribution is 2.14. The Kier molecular flexibility index (Phi) is 4.55. The van der Waals surface area contributed by atoms with Crippen molar-refractivity contribution in [2.75, 3.05) is 38.5 Å². The van der Waals surface area contributed by atoms with Crippen LogP contribution >= 0.6 is 0 Å². The molecule has 1 aromatic rings. The minimum Gasteiger partial charge on any atom is -0.370 e. The Labute approximate surface area is 110 Å². The molecule has 1 N–H and O–H groups in total. The van der Waals surface area contributed by atoms with Crippen LogP contribution in [0.3, 0.4) is 0 Å². The van der Waals surface area contributed by atoms with Crippen molar-refractivity contribution in [2.24, 2.45) is 0 Å². The van der Waals surface area contributed by atoms with Crippen molar-refractivity contribution in [2.45, 2.75) is 26.4 Å². The van der Waals surface area contributed by atoms with Crippen molar-refractivity contribution in [1.29, 1.82) is 0 Å². The van der Waals surface area contributed by atoms with E-state index in [1.807, 2.05) is 6.20 Å². The first kappa shape index (κ1) is 13.3. The lowest BCUT2D eigenvalue weighted by Crippen LogP contribution is -2.49. The predicted molar refractivity (Wildman–Crippen MR) is 75.8 cm³/mol. The van der Waals surface area contributed by atoms with Gasteiger partial charge in [0, 0.05) is 45.0 Å². The van der Waals surface area contributed by atoms with Crippen LogP contribution in [0.5, 0.6) is 0 Å². The summed E-state index contributed by atoms with van der Waals surface area (Å²) in [5.74, 6) is 0.983. The number of nitrogens with one attached hydrogen (secondary N) is 1. The van der Waals surface area contributed by atoms with Gasteiger partial charge in [-0.25, -0.2) is 4.98 Å². The average molecular weight is 248 g/mol. The second-order valence-electron chi connectivity index (χ2n) is 5.16. The lowest BCUT2D eigenvalue weighted by atomic mass is 10.1. The standard InChI is InChI=1S/C14H24N4/c1-4-15-14-9-13(5-6-16-14)11-18-8-7-17(3)10-12(18)2/h5-6,9,12H,4,7-8,10-11H2,1-3H3,(H,15,16). The van der Waals surface area contributed by atoms with Gasteiger partial charge in [-0.05, 0) is 38.6 Å². The molecule has 1 aliphatic rings. The molecule has 0 aliphatic carbocycles. The van der Waals surface area contributed by atoms with E-state index in [2.05, 4.69) is 53.1 Å². The van der Waals surface area contributed by atoms with Crippen LogP contribution < -0.4 is 5.32 Å². The van der Waals surface area contributed by atoms with Crippen molar-refractivity contribution in [1.82, 2.24) is 14.8 Å². The SMILES string of the molecule is CCNc1cc(CN2CCN(C)CC2C)ccn1. The fourth-order valence-corrected chi connectivity index (χ4v) is 2.50. The Hall–Kier alpha value is -1.13. The molecule has 0 spiro atoms. The molecule has 0 amide bonds. The van der Waals surface area contributed by atoms with Crippen LogP contribution in [-0.2, 0) is 6.54 Å². The van der Waals surface area contributed by atoms with Crippen LogP contribution in [0.1, 0.15) is 19.4 Å². The number of pyridine rings is 1. The molecular formula is C14H24N4. The molecule has 4 nitrogen and oxygen atoms in total. The zero-order valence-electron chi connectivity index (χ0n) is 11.7. The number of aromatic nitrogens is 1. The summed E-state index contributed by atoms with van der Waals surface area (Å²) in [6.45, 7) is 9.81. The van der Waals surface area contributed by atoms with Gasteiger partial charge in [-0.2, -0.15) is 0 Å². The number of rotatable bonds is 4. The van der Waals surface area contributed by atoms with Crippen LogP contribution in [0, 0.1) is 0 Å². The largest absolute Gasteiger partial charge is 0.370 e. The molecule has 0 radical (unpaired) electrons. The molecule has 100 valence electrons. The molecule has 4 heteroatoms. The summed E-state index contributed by atoms with van der Waals surface area (Å²) in [6.07, 6.45) is 1.90. The summed E-state index contributed by atoms with van der Waals surface area (Å²) in [5, 5.41) is 3.27. The van der Waals surface area contributed by atoms with Crippen LogP contribution in [-0.4, -0.2) is 54.1 Å². The van der Waals surface area contributed by atoms with Crippen molar-refractivity contribution in [3.63, 3.8) is 0 Å².